The molecule has 0 unspecified atom stereocenters. The number of halogens is 3. The lowest BCUT2D eigenvalue weighted by Crippen LogP contribution is -2.09. The van der Waals surface area contributed by atoms with Crippen molar-refractivity contribution in [2.75, 3.05) is 4.90 Å². The molecule has 0 radical (unpaired) electrons. The van der Waals surface area contributed by atoms with Gasteiger partial charge in [-0.05, 0) is 63.6 Å². The molecule has 1 aromatic heterocycles. The van der Waals surface area contributed by atoms with Gasteiger partial charge in [-0.1, -0.05) is 121 Å². The van der Waals surface area contributed by atoms with E-state index in [-0.39, 0.29) is 11.3 Å². The second-order valence-corrected chi connectivity index (χ2v) is 12.1. The maximum Gasteiger partial charge on any atom is 0.144 e. The summed E-state index contributed by atoms with van der Waals surface area (Å²) in [6.07, 6.45) is 0. The molecule has 0 spiro atoms. The lowest BCUT2D eigenvalue weighted by atomic mass is 9.92. The zero-order valence-electron chi connectivity index (χ0n) is 31.8. The van der Waals surface area contributed by atoms with Crippen molar-refractivity contribution in [3.63, 3.8) is 0 Å². The maximum absolute atomic E-state index is 14.8. The summed E-state index contributed by atoms with van der Waals surface area (Å²) in [6, 6.07) is 38.1. The molecule has 244 valence electrons. The summed E-state index contributed by atoms with van der Waals surface area (Å²) in [5.74, 6) is -2.53. The molecule has 51 heavy (non-hydrogen) atoms. The summed E-state index contributed by atoms with van der Waals surface area (Å²) >= 11 is 0. The Labute approximate surface area is 299 Å². The summed E-state index contributed by atoms with van der Waals surface area (Å²) in [7, 11) is 0. The second kappa shape index (κ2) is 12.4. The van der Waals surface area contributed by atoms with Crippen LogP contribution in [0.25, 0.3) is 66.1 Å². The predicted molar refractivity (Wildman–Crippen MR) is 202 cm³/mol. The molecule has 1 heterocycles. The molecule has 0 amide bonds. The fraction of sp³-hybridized carbons (Fsp3) is 0. The van der Waals surface area contributed by atoms with Gasteiger partial charge in [0, 0.05) is 51.1 Å². The smallest absolute Gasteiger partial charge is 0.144 e. The summed E-state index contributed by atoms with van der Waals surface area (Å²) in [5.41, 5.74) is 3.67. The average molecular weight is 673 g/mol. The highest BCUT2D eigenvalue weighted by atomic mass is 19.1. The van der Waals surface area contributed by atoms with Crippen molar-refractivity contribution >= 4 is 49.6 Å². The third-order valence-corrected chi connectivity index (χ3v) is 9.13. The molecule has 0 aliphatic carbocycles. The monoisotopic (exact) mass is 672 g/mol. The van der Waals surface area contributed by atoms with E-state index in [9.17, 15) is 13.2 Å². The van der Waals surface area contributed by atoms with E-state index < -0.39 is 53.2 Å². The number of benzene rings is 8. The topological polar surface area (TPSA) is 16.4 Å². The molecule has 0 bridgehead atoms. The van der Waals surface area contributed by atoms with Gasteiger partial charge >= 0.3 is 0 Å². The van der Waals surface area contributed by atoms with E-state index in [0.717, 1.165) is 38.2 Å². The van der Waals surface area contributed by atoms with Gasteiger partial charge < -0.3 is 9.32 Å². The minimum Gasteiger partial charge on any atom is -0.455 e. The Kier molecular flexibility index (Phi) is 6.16. The van der Waals surface area contributed by atoms with Crippen LogP contribution >= 0.6 is 0 Å². The third-order valence-electron chi connectivity index (χ3n) is 9.13. The van der Waals surface area contributed by atoms with Crippen LogP contribution < -0.4 is 4.90 Å². The lowest BCUT2D eigenvalue weighted by Gasteiger charge is -2.26. The van der Waals surface area contributed by atoms with Gasteiger partial charge in [0.15, 0.2) is 0 Å². The lowest BCUT2D eigenvalue weighted by molar-refractivity contribution is 0.548. The van der Waals surface area contributed by atoms with Gasteiger partial charge in [0.05, 0.1) is 12.4 Å². The van der Waals surface area contributed by atoms with Crippen LogP contribution in [-0.4, -0.2) is 0 Å². The molecule has 0 N–H and O–H groups in total. The molecular formula is C46H28F3NO. The zero-order chi connectivity index (χ0) is 38.8. The first-order valence-electron chi connectivity index (χ1n) is 18.8. The Bertz CT molecular complexity index is 2960. The third kappa shape index (κ3) is 5.22. The van der Waals surface area contributed by atoms with Crippen LogP contribution in [0.2, 0.25) is 0 Å². The van der Waals surface area contributed by atoms with Crippen molar-refractivity contribution < 1.29 is 24.4 Å². The number of anilines is 3. The van der Waals surface area contributed by atoms with E-state index in [1.807, 2.05) is 91.0 Å². The standard InChI is InChI=1S/C46H28F3NO/c47-32-26-40(48)42(41(49)27-32)30-20-22-34(23-21-30)50(33-16-8-3-9-17-33)35-24-25-37-36-18-10-11-19-38(36)44-43(29-12-4-1-5-13-29)45(31-14-6-2-7-15-31)51-46(44)39(37)28-35/h1-28H/i3D,8D,9D,16D,17D. The highest BCUT2D eigenvalue weighted by Gasteiger charge is 2.24. The first kappa shape index (κ1) is 25.4. The molecule has 0 aliphatic heterocycles. The quantitative estimate of drug-likeness (QED) is 0.164. The van der Waals surface area contributed by atoms with Gasteiger partial charge in [0.1, 0.15) is 28.8 Å². The Hall–Kier alpha value is -6.59. The normalized spacial score (nSPS) is 12.8. The van der Waals surface area contributed by atoms with Gasteiger partial charge in [-0.3, -0.25) is 0 Å². The molecule has 9 rings (SSSR count). The van der Waals surface area contributed by atoms with E-state index in [0.29, 0.717) is 40.2 Å². The fourth-order valence-electron chi connectivity index (χ4n) is 6.94. The summed E-state index contributed by atoms with van der Waals surface area (Å²) in [5, 5.41) is 4.40. The van der Waals surface area contributed by atoms with Crippen molar-refractivity contribution in [1.29, 1.82) is 0 Å². The van der Waals surface area contributed by atoms with E-state index >= 15 is 0 Å². The van der Waals surface area contributed by atoms with E-state index in [1.54, 1.807) is 6.07 Å². The number of para-hydroxylation sites is 1. The molecule has 0 saturated carbocycles. The Morgan fingerprint density at radius 3 is 1.73 bits per heavy atom. The van der Waals surface area contributed by atoms with Crippen LogP contribution in [0.3, 0.4) is 0 Å². The predicted octanol–water partition coefficient (Wildman–Crippen LogP) is 13.6. The van der Waals surface area contributed by atoms with Gasteiger partial charge in [0.25, 0.3) is 0 Å². The van der Waals surface area contributed by atoms with E-state index in [2.05, 4.69) is 6.07 Å². The fourth-order valence-corrected chi connectivity index (χ4v) is 6.94. The highest BCUT2D eigenvalue weighted by Crippen LogP contribution is 2.48. The van der Waals surface area contributed by atoms with Crippen LogP contribution in [0, 0.1) is 17.5 Å². The largest absolute Gasteiger partial charge is 0.455 e. The van der Waals surface area contributed by atoms with Crippen molar-refractivity contribution in [3.8, 4) is 33.6 Å². The number of nitrogens with zero attached hydrogens (tertiary/aromatic N) is 1. The minimum atomic E-state index is -1.08. The number of hydrogen-bond donors (Lipinski definition) is 0. The van der Waals surface area contributed by atoms with Crippen LogP contribution in [0.15, 0.2) is 174 Å². The number of rotatable bonds is 6. The zero-order valence-corrected chi connectivity index (χ0v) is 26.8. The van der Waals surface area contributed by atoms with Crippen molar-refractivity contribution in [2.45, 2.75) is 0 Å². The minimum absolute atomic E-state index is 0.119. The molecule has 0 atom stereocenters. The maximum atomic E-state index is 14.8. The Balaban J connectivity index is 1.35. The number of furan rings is 1. The van der Waals surface area contributed by atoms with Crippen LogP contribution in [0.1, 0.15) is 6.85 Å². The summed E-state index contributed by atoms with van der Waals surface area (Å²) in [4.78, 5) is 1.53. The first-order valence-corrected chi connectivity index (χ1v) is 16.3. The average Bonchev–Trinajstić information content (AvgIpc) is 3.63. The van der Waals surface area contributed by atoms with E-state index in [4.69, 9.17) is 11.3 Å². The van der Waals surface area contributed by atoms with Gasteiger partial charge in [0.2, 0.25) is 0 Å². The number of fused-ring (bicyclic) bond motifs is 6. The molecule has 8 aromatic carbocycles. The second-order valence-electron chi connectivity index (χ2n) is 12.1. The summed E-state index contributed by atoms with van der Waals surface area (Å²) in [6.45, 7) is 0. The van der Waals surface area contributed by atoms with Crippen LogP contribution in [0.5, 0.6) is 0 Å². The highest BCUT2D eigenvalue weighted by molar-refractivity contribution is 6.28. The Morgan fingerprint density at radius 2 is 1.04 bits per heavy atom. The van der Waals surface area contributed by atoms with E-state index in [1.165, 1.54) is 29.2 Å². The van der Waals surface area contributed by atoms with Crippen LogP contribution in [-0.2, 0) is 0 Å². The van der Waals surface area contributed by atoms with Crippen molar-refractivity contribution in [2.24, 2.45) is 0 Å². The molecule has 5 heteroatoms. The molecule has 0 aliphatic rings. The van der Waals surface area contributed by atoms with Gasteiger partial charge in [-0.15, -0.1) is 0 Å². The molecule has 9 aromatic rings. The molecular weight excluding hydrogens is 640 g/mol. The van der Waals surface area contributed by atoms with Crippen molar-refractivity contribution in [1.82, 2.24) is 0 Å². The summed E-state index contributed by atoms with van der Waals surface area (Å²) < 4.78 is 93.6. The molecule has 2 nitrogen and oxygen atoms in total. The van der Waals surface area contributed by atoms with Crippen LogP contribution in [0.4, 0.5) is 30.2 Å². The molecule has 0 fully saturated rings. The number of hydrogen-bond acceptors (Lipinski definition) is 2. The Morgan fingerprint density at radius 1 is 0.471 bits per heavy atom. The van der Waals surface area contributed by atoms with Gasteiger partial charge in [-0.2, -0.15) is 0 Å². The SMILES string of the molecule is [2H]c1c([2H])c([2H])c(N(c2ccc(-c3c(F)cc(F)cc3F)cc2)c2ccc3c4ccccc4c4c(-c5ccccc5)c(-c5ccccc5)oc4c3c2)c([2H])c1[2H]. The van der Waals surface area contributed by atoms with Gasteiger partial charge in [-0.25, -0.2) is 13.2 Å². The first-order chi connectivity index (χ1) is 27.1. The van der Waals surface area contributed by atoms with Crippen molar-refractivity contribution in [3.05, 3.63) is 187 Å². The molecule has 0 saturated heterocycles.